The van der Waals surface area contributed by atoms with Crippen molar-refractivity contribution in [2.45, 2.75) is 20.8 Å². The maximum atomic E-state index is 4.49. The zero-order chi connectivity index (χ0) is 14.5. The molecule has 0 aliphatic rings. The minimum atomic E-state index is 1.04. The number of aliphatic imine (C=N–C) groups is 1. The van der Waals surface area contributed by atoms with E-state index in [4.69, 9.17) is 0 Å². The number of allylic oxidation sites excluding steroid dienone is 2. The van der Waals surface area contributed by atoms with Crippen LogP contribution in [0.1, 0.15) is 25.0 Å². The Balaban J connectivity index is 2.67. The van der Waals surface area contributed by atoms with E-state index < -0.39 is 0 Å². The lowest BCUT2D eigenvalue weighted by molar-refractivity contribution is 1.36. The van der Waals surface area contributed by atoms with E-state index in [0.717, 1.165) is 5.71 Å². The summed E-state index contributed by atoms with van der Waals surface area (Å²) in [6.07, 6.45) is 2.15. The maximum absolute atomic E-state index is 4.49. The van der Waals surface area contributed by atoms with Crippen LogP contribution in [-0.4, -0.2) is 12.8 Å². The molecular weight excluding hydrogens is 242 g/mol. The van der Waals surface area contributed by atoms with Crippen LogP contribution in [-0.2, 0) is 0 Å². The molecule has 0 saturated heterocycles. The number of benzene rings is 2. The van der Waals surface area contributed by atoms with Gasteiger partial charge in [-0.3, -0.25) is 4.99 Å². The van der Waals surface area contributed by atoms with Gasteiger partial charge in [0, 0.05) is 12.6 Å². The Hall–Kier alpha value is -2.15. The minimum Gasteiger partial charge on any atom is -0.288 e. The molecule has 0 N–H and O–H groups in total. The average Bonchev–Trinajstić information content (AvgIpc) is 2.45. The molecule has 2 aromatic rings. The molecule has 2 rings (SSSR count). The van der Waals surface area contributed by atoms with Gasteiger partial charge in [0.15, 0.2) is 0 Å². The summed E-state index contributed by atoms with van der Waals surface area (Å²) < 4.78 is 0. The van der Waals surface area contributed by atoms with Crippen LogP contribution in [0.2, 0.25) is 0 Å². The summed E-state index contributed by atoms with van der Waals surface area (Å²) in [5.74, 6) is 0. The molecule has 0 saturated carbocycles. The number of rotatable bonds is 3. The van der Waals surface area contributed by atoms with Crippen molar-refractivity contribution in [2.75, 3.05) is 7.05 Å². The first kappa shape index (κ1) is 14.3. The Morgan fingerprint density at radius 1 is 0.950 bits per heavy atom. The summed E-state index contributed by atoms with van der Waals surface area (Å²) >= 11 is 0. The van der Waals surface area contributed by atoms with Gasteiger partial charge in [-0.25, -0.2) is 0 Å². The van der Waals surface area contributed by atoms with Crippen molar-refractivity contribution in [2.24, 2.45) is 4.99 Å². The zero-order valence-electron chi connectivity index (χ0n) is 12.6. The molecule has 0 aliphatic heterocycles. The highest BCUT2D eigenvalue weighted by Crippen LogP contribution is 2.27. The van der Waals surface area contributed by atoms with Gasteiger partial charge in [0.2, 0.25) is 0 Å². The van der Waals surface area contributed by atoms with Crippen molar-refractivity contribution in [3.63, 3.8) is 0 Å². The van der Waals surface area contributed by atoms with Gasteiger partial charge in [-0.15, -0.1) is 0 Å². The molecule has 0 unspecified atom stereocenters. The summed E-state index contributed by atoms with van der Waals surface area (Å²) in [6.45, 7) is 6.35. The van der Waals surface area contributed by atoms with Gasteiger partial charge in [0.1, 0.15) is 0 Å². The fraction of sp³-hybridized carbons (Fsp3) is 0.211. The highest BCUT2D eigenvalue weighted by atomic mass is 14.7. The van der Waals surface area contributed by atoms with Crippen LogP contribution >= 0.6 is 0 Å². The average molecular weight is 263 g/mol. The van der Waals surface area contributed by atoms with Gasteiger partial charge < -0.3 is 0 Å². The molecule has 0 aliphatic carbocycles. The monoisotopic (exact) mass is 263 g/mol. The molecule has 2 aromatic carbocycles. The van der Waals surface area contributed by atoms with Crippen molar-refractivity contribution in [1.82, 2.24) is 0 Å². The first-order valence-electron chi connectivity index (χ1n) is 6.90. The molecule has 0 amide bonds. The Kier molecular flexibility index (Phi) is 4.52. The molecule has 0 bridgehead atoms. The highest BCUT2D eigenvalue weighted by molar-refractivity contribution is 6.13. The predicted molar refractivity (Wildman–Crippen MR) is 88.5 cm³/mol. The topological polar surface area (TPSA) is 12.4 Å². The van der Waals surface area contributed by atoms with Crippen LogP contribution in [0, 0.1) is 6.92 Å². The van der Waals surface area contributed by atoms with E-state index in [9.17, 15) is 0 Å². The van der Waals surface area contributed by atoms with Crippen LogP contribution in [0.15, 0.2) is 65.2 Å². The quantitative estimate of drug-likeness (QED) is 0.687. The zero-order valence-corrected chi connectivity index (χ0v) is 12.6. The Morgan fingerprint density at radius 2 is 1.65 bits per heavy atom. The molecule has 20 heavy (non-hydrogen) atoms. The van der Waals surface area contributed by atoms with E-state index >= 15 is 0 Å². The molecule has 0 atom stereocenters. The van der Waals surface area contributed by atoms with Gasteiger partial charge >= 0.3 is 0 Å². The van der Waals surface area contributed by atoms with Gasteiger partial charge in [0.25, 0.3) is 0 Å². The van der Waals surface area contributed by atoms with Crippen molar-refractivity contribution >= 4 is 5.71 Å². The van der Waals surface area contributed by atoms with Gasteiger partial charge in [-0.1, -0.05) is 54.1 Å². The lowest BCUT2D eigenvalue weighted by atomic mass is 9.92. The van der Waals surface area contributed by atoms with Gasteiger partial charge in [-0.05, 0) is 43.5 Å². The third-order valence-electron chi connectivity index (χ3n) is 3.28. The third kappa shape index (κ3) is 3.05. The van der Waals surface area contributed by atoms with Gasteiger partial charge in [0.05, 0.1) is 5.71 Å². The standard InChI is InChI=1S/C19H21N/c1-14(2)13-18(20-4)19-15(3)9-8-12-17(19)16-10-6-5-7-11-16/h5-13H,1-4H3/b20-18-. The van der Waals surface area contributed by atoms with E-state index in [1.54, 1.807) is 0 Å². The summed E-state index contributed by atoms with van der Waals surface area (Å²) in [5, 5.41) is 0. The number of aryl methyl sites for hydroxylation is 1. The summed E-state index contributed by atoms with van der Waals surface area (Å²) in [7, 11) is 1.86. The number of hydrogen-bond acceptors (Lipinski definition) is 1. The largest absolute Gasteiger partial charge is 0.288 e. The molecule has 0 fully saturated rings. The second-order valence-electron chi connectivity index (χ2n) is 5.19. The molecule has 0 heterocycles. The highest BCUT2D eigenvalue weighted by Gasteiger charge is 2.11. The van der Waals surface area contributed by atoms with E-state index in [0.29, 0.717) is 0 Å². The molecule has 1 heteroatoms. The van der Waals surface area contributed by atoms with Crippen LogP contribution < -0.4 is 0 Å². The molecule has 0 radical (unpaired) electrons. The Labute approximate surface area is 121 Å². The third-order valence-corrected chi connectivity index (χ3v) is 3.28. The summed E-state index contributed by atoms with van der Waals surface area (Å²) in [6, 6.07) is 16.9. The lowest BCUT2D eigenvalue weighted by Crippen LogP contribution is -2.03. The lowest BCUT2D eigenvalue weighted by Gasteiger charge is -2.13. The molecular formula is C19H21N. The first-order valence-corrected chi connectivity index (χ1v) is 6.90. The second-order valence-corrected chi connectivity index (χ2v) is 5.19. The predicted octanol–water partition coefficient (Wildman–Crippen LogP) is 5.05. The van der Waals surface area contributed by atoms with Crippen molar-refractivity contribution in [1.29, 1.82) is 0 Å². The molecule has 0 aromatic heterocycles. The van der Waals surface area contributed by atoms with Crippen LogP contribution in [0.5, 0.6) is 0 Å². The van der Waals surface area contributed by atoms with Crippen molar-refractivity contribution < 1.29 is 0 Å². The minimum absolute atomic E-state index is 1.04. The summed E-state index contributed by atoms with van der Waals surface area (Å²) in [5.41, 5.74) is 7.25. The normalized spacial score (nSPS) is 11.3. The maximum Gasteiger partial charge on any atom is 0.0651 e. The molecule has 102 valence electrons. The van der Waals surface area contributed by atoms with E-state index in [-0.39, 0.29) is 0 Å². The van der Waals surface area contributed by atoms with E-state index in [1.807, 2.05) is 13.1 Å². The first-order chi connectivity index (χ1) is 9.63. The fourth-order valence-electron chi connectivity index (χ4n) is 2.39. The molecule has 1 nitrogen and oxygen atoms in total. The van der Waals surface area contributed by atoms with Crippen LogP contribution in [0.3, 0.4) is 0 Å². The van der Waals surface area contributed by atoms with Crippen molar-refractivity contribution in [3.8, 4) is 11.1 Å². The fourth-order valence-corrected chi connectivity index (χ4v) is 2.39. The smallest absolute Gasteiger partial charge is 0.0651 e. The van der Waals surface area contributed by atoms with Gasteiger partial charge in [-0.2, -0.15) is 0 Å². The van der Waals surface area contributed by atoms with E-state index in [1.165, 1.54) is 27.8 Å². The second kappa shape index (κ2) is 6.33. The number of hydrogen-bond donors (Lipinski definition) is 0. The van der Waals surface area contributed by atoms with Crippen molar-refractivity contribution in [3.05, 3.63) is 71.3 Å². The summed E-state index contributed by atoms with van der Waals surface area (Å²) in [4.78, 5) is 4.49. The van der Waals surface area contributed by atoms with Crippen LogP contribution in [0.25, 0.3) is 11.1 Å². The van der Waals surface area contributed by atoms with E-state index in [2.05, 4.69) is 74.3 Å². The SMILES string of the molecule is C/N=C(/C=C(C)C)c1c(C)cccc1-c1ccccc1. The van der Waals surface area contributed by atoms with Crippen LogP contribution in [0.4, 0.5) is 0 Å². The number of nitrogens with zero attached hydrogens (tertiary/aromatic N) is 1. The Bertz CT molecular complexity index is 645. The molecule has 0 spiro atoms. The Morgan fingerprint density at radius 3 is 2.25 bits per heavy atom.